The summed E-state index contributed by atoms with van der Waals surface area (Å²) >= 11 is 0. The number of benzene rings is 2. The van der Waals surface area contributed by atoms with Gasteiger partial charge in [-0.25, -0.2) is 4.39 Å². The van der Waals surface area contributed by atoms with E-state index in [2.05, 4.69) is 10.6 Å². The van der Waals surface area contributed by atoms with E-state index in [1.807, 2.05) is 30.3 Å². The number of aliphatic hydroxyl groups is 1. The van der Waals surface area contributed by atoms with E-state index >= 15 is 0 Å². The van der Waals surface area contributed by atoms with Gasteiger partial charge >= 0.3 is 0 Å². The Morgan fingerprint density at radius 2 is 1.72 bits per heavy atom. The number of hydrogen-bond acceptors (Lipinski definition) is 3. The van der Waals surface area contributed by atoms with E-state index in [-0.39, 0.29) is 6.54 Å². The van der Waals surface area contributed by atoms with Crippen molar-refractivity contribution in [1.82, 2.24) is 5.32 Å². The van der Waals surface area contributed by atoms with Crippen LogP contribution in [-0.2, 0) is 9.59 Å². The largest absolute Gasteiger partial charge is 0.380 e. The van der Waals surface area contributed by atoms with E-state index in [1.54, 1.807) is 6.92 Å². The van der Waals surface area contributed by atoms with Gasteiger partial charge in [-0.1, -0.05) is 37.3 Å². The van der Waals surface area contributed by atoms with Crippen molar-refractivity contribution in [3.05, 3.63) is 66.0 Å². The maximum Gasteiger partial charge on any atom is 0.252 e. The zero-order valence-electron chi connectivity index (χ0n) is 14.1. The predicted octanol–water partition coefficient (Wildman–Crippen LogP) is 2.44. The Morgan fingerprint density at radius 3 is 2.32 bits per heavy atom. The van der Waals surface area contributed by atoms with Crippen molar-refractivity contribution in [1.29, 1.82) is 0 Å². The minimum atomic E-state index is -1.67. The number of halogens is 1. The van der Waals surface area contributed by atoms with E-state index in [9.17, 15) is 19.1 Å². The quantitative estimate of drug-likeness (QED) is 0.753. The van der Waals surface area contributed by atoms with Crippen LogP contribution in [0.15, 0.2) is 54.6 Å². The van der Waals surface area contributed by atoms with Crippen LogP contribution < -0.4 is 10.6 Å². The fourth-order valence-corrected chi connectivity index (χ4v) is 2.34. The third-order valence-electron chi connectivity index (χ3n) is 4.14. The first-order valence-electron chi connectivity index (χ1n) is 7.91. The van der Waals surface area contributed by atoms with Crippen molar-refractivity contribution < 1.29 is 19.1 Å². The fraction of sp³-hybridized carbons (Fsp3) is 0.263. The van der Waals surface area contributed by atoms with E-state index in [4.69, 9.17) is 0 Å². The molecule has 0 aliphatic rings. The van der Waals surface area contributed by atoms with Crippen LogP contribution in [0, 0.1) is 5.82 Å². The van der Waals surface area contributed by atoms with Crippen LogP contribution in [0.25, 0.3) is 0 Å². The summed E-state index contributed by atoms with van der Waals surface area (Å²) in [6, 6.07) is 14.4. The third kappa shape index (κ3) is 4.87. The van der Waals surface area contributed by atoms with Gasteiger partial charge in [0, 0.05) is 11.6 Å². The molecule has 0 saturated heterocycles. The van der Waals surface area contributed by atoms with Crippen molar-refractivity contribution in [3.8, 4) is 0 Å². The Labute approximate surface area is 145 Å². The molecule has 2 amide bonds. The molecule has 2 atom stereocenters. The van der Waals surface area contributed by atoms with Crippen molar-refractivity contribution in [3.63, 3.8) is 0 Å². The van der Waals surface area contributed by atoms with Gasteiger partial charge in [-0.2, -0.15) is 0 Å². The highest BCUT2D eigenvalue weighted by Gasteiger charge is 2.37. The minimum Gasteiger partial charge on any atom is -0.380 e. The number of amides is 2. The van der Waals surface area contributed by atoms with Gasteiger partial charge in [-0.15, -0.1) is 0 Å². The normalized spacial score (nSPS) is 14.2. The summed E-state index contributed by atoms with van der Waals surface area (Å²) in [7, 11) is 0. The lowest BCUT2D eigenvalue weighted by molar-refractivity contribution is -0.140. The Bertz CT molecular complexity index is 730. The molecule has 5 nitrogen and oxygen atoms in total. The molecule has 0 bridgehead atoms. The maximum absolute atomic E-state index is 12.8. The highest BCUT2D eigenvalue weighted by Crippen LogP contribution is 2.27. The van der Waals surface area contributed by atoms with Crippen molar-refractivity contribution in [2.45, 2.75) is 25.4 Å². The number of nitrogens with one attached hydrogen (secondary N) is 2. The van der Waals surface area contributed by atoms with Gasteiger partial charge in [-0.3, -0.25) is 9.59 Å². The first kappa shape index (κ1) is 18.6. The Kier molecular flexibility index (Phi) is 5.88. The summed E-state index contributed by atoms with van der Waals surface area (Å²) in [6.07, 6.45) is 0. The number of rotatable bonds is 6. The zero-order chi connectivity index (χ0) is 18.4. The van der Waals surface area contributed by atoms with Gasteiger partial charge in [0.2, 0.25) is 5.91 Å². The van der Waals surface area contributed by atoms with Crippen molar-refractivity contribution >= 4 is 17.5 Å². The van der Waals surface area contributed by atoms with E-state index < -0.39 is 29.2 Å². The number of hydrogen-bond donors (Lipinski definition) is 3. The molecule has 132 valence electrons. The van der Waals surface area contributed by atoms with Crippen LogP contribution in [-0.4, -0.2) is 29.1 Å². The minimum absolute atomic E-state index is 0.298. The summed E-state index contributed by atoms with van der Waals surface area (Å²) in [5, 5.41) is 15.5. The lowest BCUT2D eigenvalue weighted by atomic mass is 9.84. The van der Waals surface area contributed by atoms with Crippen LogP contribution in [0.1, 0.15) is 25.3 Å². The molecular formula is C19H21FN2O3. The number of anilines is 1. The predicted molar refractivity (Wildman–Crippen MR) is 93.5 cm³/mol. The Balaban J connectivity index is 1.91. The summed E-state index contributed by atoms with van der Waals surface area (Å²) in [6.45, 7) is 2.86. The summed E-state index contributed by atoms with van der Waals surface area (Å²) in [5.41, 5.74) is -0.430. The van der Waals surface area contributed by atoms with Gasteiger partial charge in [0.1, 0.15) is 11.4 Å². The van der Waals surface area contributed by atoms with Crippen molar-refractivity contribution in [2.75, 3.05) is 11.9 Å². The third-order valence-corrected chi connectivity index (χ3v) is 4.14. The lowest BCUT2D eigenvalue weighted by Crippen LogP contribution is -2.49. The lowest BCUT2D eigenvalue weighted by Gasteiger charge is -2.29. The summed E-state index contributed by atoms with van der Waals surface area (Å²) in [4.78, 5) is 24.2. The fourth-order valence-electron chi connectivity index (χ4n) is 2.34. The molecule has 0 saturated carbocycles. The first-order chi connectivity index (χ1) is 11.8. The molecule has 0 aliphatic heterocycles. The first-order valence-corrected chi connectivity index (χ1v) is 7.91. The molecule has 0 radical (unpaired) electrons. The molecule has 0 aromatic heterocycles. The topological polar surface area (TPSA) is 78.4 Å². The van der Waals surface area contributed by atoms with Crippen LogP contribution >= 0.6 is 0 Å². The molecule has 0 fully saturated rings. The van der Waals surface area contributed by atoms with Gasteiger partial charge in [0.05, 0.1) is 6.54 Å². The van der Waals surface area contributed by atoms with Crippen molar-refractivity contribution in [2.24, 2.45) is 0 Å². The Hall–Kier alpha value is -2.73. The average Bonchev–Trinajstić information content (AvgIpc) is 2.61. The average molecular weight is 344 g/mol. The van der Waals surface area contributed by atoms with E-state index in [0.717, 1.165) is 5.56 Å². The molecule has 2 aromatic rings. The molecular weight excluding hydrogens is 323 g/mol. The molecule has 25 heavy (non-hydrogen) atoms. The molecule has 2 aromatic carbocycles. The highest BCUT2D eigenvalue weighted by molar-refractivity contribution is 5.96. The maximum atomic E-state index is 12.8. The summed E-state index contributed by atoms with van der Waals surface area (Å²) in [5.74, 6) is -1.97. The molecule has 2 rings (SSSR count). The second-order valence-corrected chi connectivity index (χ2v) is 6.02. The highest BCUT2D eigenvalue weighted by atomic mass is 19.1. The number of carbonyl (C=O) groups excluding carboxylic acids is 2. The second kappa shape index (κ2) is 7.90. The van der Waals surface area contributed by atoms with E-state index in [1.165, 1.54) is 31.2 Å². The van der Waals surface area contributed by atoms with Crippen LogP contribution in [0.5, 0.6) is 0 Å². The molecule has 0 spiro atoms. The van der Waals surface area contributed by atoms with Gasteiger partial charge in [-0.05, 0) is 36.8 Å². The molecule has 0 aliphatic carbocycles. The molecule has 0 unspecified atom stereocenters. The van der Waals surface area contributed by atoms with Gasteiger partial charge < -0.3 is 15.7 Å². The van der Waals surface area contributed by atoms with E-state index in [0.29, 0.717) is 5.69 Å². The molecule has 6 heteroatoms. The second-order valence-electron chi connectivity index (χ2n) is 6.02. The smallest absolute Gasteiger partial charge is 0.252 e. The summed E-state index contributed by atoms with van der Waals surface area (Å²) < 4.78 is 12.8. The zero-order valence-corrected chi connectivity index (χ0v) is 14.1. The van der Waals surface area contributed by atoms with Crippen LogP contribution in [0.4, 0.5) is 10.1 Å². The monoisotopic (exact) mass is 344 g/mol. The van der Waals surface area contributed by atoms with Crippen LogP contribution in [0.2, 0.25) is 0 Å². The number of carbonyl (C=O) groups is 2. The Morgan fingerprint density at radius 1 is 1.12 bits per heavy atom. The molecule has 0 heterocycles. The van der Waals surface area contributed by atoms with Gasteiger partial charge in [0.25, 0.3) is 5.91 Å². The molecule has 3 N–H and O–H groups in total. The SMILES string of the molecule is C[C@H](c1ccccc1)[C@](C)(O)C(=O)NCC(=O)Nc1ccc(F)cc1. The van der Waals surface area contributed by atoms with Gasteiger partial charge in [0.15, 0.2) is 0 Å². The standard InChI is InChI=1S/C19H21FN2O3/c1-13(14-6-4-3-5-7-14)19(2,25)18(24)21-12-17(23)22-16-10-8-15(20)9-11-16/h3-11,13,25H,12H2,1-2H3,(H,21,24)(H,22,23)/t13-,19+/m1/s1. The van der Waals surface area contributed by atoms with Crippen LogP contribution in [0.3, 0.4) is 0 Å².